The van der Waals surface area contributed by atoms with Gasteiger partial charge >= 0.3 is 6.03 Å². The maximum atomic E-state index is 13.0. The minimum Gasteiger partial charge on any atom is -0.497 e. The molecule has 1 aliphatic rings. The molecule has 1 heterocycles. The number of aliphatic hydroxyl groups is 1. The van der Waals surface area contributed by atoms with Crippen molar-refractivity contribution in [1.29, 1.82) is 0 Å². The number of benzene rings is 3. The van der Waals surface area contributed by atoms with Gasteiger partial charge in [-0.3, -0.25) is 4.90 Å². The van der Waals surface area contributed by atoms with E-state index in [1.807, 2.05) is 66.4 Å². The zero-order valence-electron chi connectivity index (χ0n) is 25.3. The molecule has 0 radical (unpaired) electrons. The van der Waals surface area contributed by atoms with E-state index in [1.54, 1.807) is 7.11 Å². The summed E-state index contributed by atoms with van der Waals surface area (Å²) in [4.78, 5) is 19.6. The smallest absolute Gasteiger partial charge is 0.321 e. The van der Waals surface area contributed by atoms with Crippen LogP contribution in [0.15, 0.2) is 78.9 Å². The van der Waals surface area contributed by atoms with Gasteiger partial charge < -0.3 is 25.0 Å². The molecule has 42 heavy (non-hydrogen) atoms. The van der Waals surface area contributed by atoms with Crippen LogP contribution in [0.5, 0.6) is 5.75 Å². The topological polar surface area (TPSA) is 68.3 Å². The number of ether oxygens (including phenoxy) is 1. The number of likely N-dealkylation sites (N-methyl/N-ethyl adjacent to an activating group) is 1. The molecule has 0 bridgehead atoms. The summed E-state index contributed by atoms with van der Waals surface area (Å²) < 4.78 is 5.21. The Balaban J connectivity index is 1.33. The minimum atomic E-state index is -0.0979. The Labute approximate surface area is 251 Å². The summed E-state index contributed by atoms with van der Waals surface area (Å²) in [5.41, 5.74) is 4.05. The van der Waals surface area contributed by atoms with Crippen molar-refractivity contribution < 1.29 is 14.6 Å². The van der Waals surface area contributed by atoms with E-state index in [4.69, 9.17) is 4.74 Å². The van der Waals surface area contributed by atoms with E-state index in [-0.39, 0.29) is 18.7 Å². The number of nitrogens with zero attached hydrogens (tertiary/aromatic N) is 3. The van der Waals surface area contributed by atoms with Crippen molar-refractivity contribution in [2.24, 2.45) is 0 Å². The number of urea groups is 1. The van der Waals surface area contributed by atoms with Gasteiger partial charge in [0.15, 0.2) is 0 Å². The third-order valence-corrected chi connectivity index (χ3v) is 8.17. The molecule has 2 amide bonds. The molecule has 0 aliphatic carbocycles. The largest absolute Gasteiger partial charge is 0.497 e. The average Bonchev–Trinajstić information content (AvgIpc) is 3.01. The molecular formula is C35H44N4O3. The van der Waals surface area contributed by atoms with Crippen molar-refractivity contribution in [2.45, 2.75) is 37.8 Å². The van der Waals surface area contributed by atoms with E-state index in [2.05, 4.69) is 65.3 Å². The Morgan fingerprint density at radius 3 is 2.29 bits per heavy atom. The van der Waals surface area contributed by atoms with Crippen LogP contribution in [0, 0.1) is 11.8 Å². The first-order valence-corrected chi connectivity index (χ1v) is 14.8. The molecule has 1 aliphatic heterocycles. The third kappa shape index (κ3) is 8.36. The van der Waals surface area contributed by atoms with E-state index in [0.717, 1.165) is 48.5 Å². The number of rotatable bonds is 12. The average molecular weight is 569 g/mol. The lowest BCUT2D eigenvalue weighted by molar-refractivity contribution is 0.0175. The maximum Gasteiger partial charge on any atom is 0.321 e. The Morgan fingerprint density at radius 2 is 1.69 bits per heavy atom. The van der Waals surface area contributed by atoms with Gasteiger partial charge in [0.05, 0.1) is 7.11 Å². The Kier molecular flexibility index (Phi) is 11.4. The molecule has 1 fully saturated rings. The number of hydrogen-bond acceptors (Lipinski definition) is 5. The van der Waals surface area contributed by atoms with Gasteiger partial charge in [0, 0.05) is 67.6 Å². The number of amides is 2. The minimum absolute atomic E-state index is 0.0979. The monoisotopic (exact) mass is 568 g/mol. The van der Waals surface area contributed by atoms with E-state index in [0.29, 0.717) is 25.0 Å². The molecule has 2 N–H and O–H groups in total. The molecule has 3 aromatic rings. The number of anilines is 1. The predicted octanol–water partition coefficient (Wildman–Crippen LogP) is 5.12. The molecule has 0 saturated carbocycles. The van der Waals surface area contributed by atoms with E-state index >= 15 is 0 Å². The van der Waals surface area contributed by atoms with Crippen LogP contribution in [-0.4, -0.2) is 91.9 Å². The molecule has 4 rings (SSSR count). The van der Waals surface area contributed by atoms with Crippen LogP contribution >= 0.6 is 0 Å². The summed E-state index contributed by atoms with van der Waals surface area (Å²) in [5.74, 6) is 7.63. The van der Waals surface area contributed by atoms with Crippen LogP contribution in [0.2, 0.25) is 0 Å². The molecule has 1 saturated heterocycles. The van der Waals surface area contributed by atoms with Crippen LogP contribution in [0.4, 0.5) is 10.5 Å². The summed E-state index contributed by atoms with van der Waals surface area (Å²) in [6.45, 7) is 5.32. The highest BCUT2D eigenvalue weighted by molar-refractivity contribution is 5.89. The second-order valence-electron chi connectivity index (χ2n) is 11.0. The summed E-state index contributed by atoms with van der Waals surface area (Å²) in [6, 6.07) is 26.4. The molecule has 7 nitrogen and oxygen atoms in total. The summed E-state index contributed by atoms with van der Waals surface area (Å²) in [6.07, 6.45) is 1.60. The summed E-state index contributed by atoms with van der Waals surface area (Å²) >= 11 is 0. The van der Waals surface area contributed by atoms with Gasteiger partial charge in [-0.05, 0) is 88.0 Å². The summed E-state index contributed by atoms with van der Waals surface area (Å²) in [7, 11) is 5.83. The molecule has 3 atom stereocenters. The Hall–Kier alpha value is -3.83. The molecule has 3 aromatic carbocycles. The highest BCUT2D eigenvalue weighted by Crippen LogP contribution is 2.36. The first-order chi connectivity index (χ1) is 20.4. The molecular weight excluding hydrogens is 524 g/mol. The van der Waals surface area contributed by atoms with Crippen LogP contribution in [0.25, 0.3) is 0 Å². The number of methoxy groups -OCH3 is 1. The SMILES string of the molecule is CCN(CCC(CN1C[C@@H](c2ccc(C#Cc3ccccc3)cc2)[C@H]1CCO)N(C)C)C(=O)Nc1ccc(OC)cc1. The fourth-order valence-corrected chi connectivity index (χ4v) is 5.53. The van der Waals surface area contributed by atoms with Gasteiger partial charge in [0.25, 0.3) is 0 Å². The van der Waals surface area contributed by atoms with Gasteiger partial charge in [-0.25, -0.2) is 4.79 Å². The highest BCUT2D eigenvalue weighted by atomic mass is 16.5. The van der Waals surface area contributed by atoms with E-state index < -0.39 is 0 Å². The lowest BCUT2D eigenvalue weighted by Crippen LogP contribution is -2.58. The summed E-state index contributed by atoms with van der Waals surface area (Å²) in [5, 5.41) is 12.9. The zero-order valence-corrected chi connectivity index (χ0v) is 25.3. The van der Waals surface area contributed by atoms with Crippen LogP contribution < -0.4 is 10.1 Å². The van der Waals surface area contributed by atoms with Gasteiger partial charge in [-0.2, -0.15) is 0 Å². The first-order valence-electron chi connectivity index (χ1n) is 14.8. The second-order valence-corrected chi connectivity index (χ2v) is 11.0. The van der Waals surface area contributed by atoms with Crippen molar-refractivity contribution in [3.63, 3.8) is 0 Å². The zero-order chi connectivity index (χ0) is 29.9. The molecule has 0 aromatic heterocycles. The lowest BCUT2D eigenvalue weighted by Gasteiger charge is -2.50. The Bertz CT molecular complexity index is 1320. The van der Waals surface area contributed by atoms with Gasteiger partial charge in [-0.1, -0.05) is 42.2 Å². The van der Waals surface area contributed by atoms with Gasteiger partial charge in [0.2, 0.25) is 0 Å². The number of hydrogen-bond donors (Lipinski definition) is 2. The quantitative estimate of drug-likeness (QED) is 0.297. The van der Waals surface area contributed by atoms with E-state index in [1.165, 1.54) is 5.56 Å². The van der Waals surface area contributed by atoms with Crippen molar-refractivity contribution in [3.05, 3.63) is 95.6 Å². The second kappa shape index (κ2) is 15.4. The third-order valence-electron chi connectivity index (χ3n) is 8.17. The first kappa shape index (κ1) is 31.1. The van der Waals surface area contributed by atoms with Crippen molar-refractivity contribution >= 4 is 11.7 Å². The molecule has 222 valence electrons. The van der Waals surface area contributed by atoms with Gasteiger partial charge in [-0.15, -0.1) is 0 Å². The fraction of sp³-hybridized carbons (Fsp3) is 0.400. The number of nitrogens with one attached hydrogen (secondary N) is 1. The molecule has 7 heteroatoms. The van der Waals surface area contributed by atoms with Crippen molar-refractivity contribution in [1.82, 2.24) is 14.7 Å². The molecule has 0 spiro atoms. The number of likely N-dealkylation sites (tertiary alicyclic amines) is 1. The number of carbonyl (C=O) groups excluding carboxylic acids is 1. The highest BCUT2D eigenvalue weighted by Gasteiger charge is 2.40. The van der Waals surface area contributed by atoms with E-state index in [9.17, 15) is 9.90 Å². The standard InChI is InChI=1S/C35H44N4O3/c1-5-38(35(41)36-30-17-19-32(42-4)20-18-30)23-21-31(37(2)3)25-39-26-33(34(39)22-24-40)29-15-13-28(14-16-29)12-11-27-9-7-6-8-10-27/h6-10,13-20,31,33-34,40H,5,21-26H2,1-4H3,(H,36,41)/t31?,33-,34+/m0/s1. The number of aliphatic hydroxyl groups excluding tert-OH is 1. The van der Waals surface area contributed by atoms with Crippen molar-refractivity contribution in [2.75, 3.05) is 59.3 Å². The van der Waals surface area contributed by atoms with Crippen LogP contribution in [0.1, 0.15) is 42.4 Å². The van der Waals surface area contributed by atoms with Crippen molar-refractivity contribution in [3.8, 4) is 17.6 Å². The lowest BCUT2D eigenvalue weighted by atomic mass is 9.80. The van der Waals surface area contributed by atoms with Crippen LogP contribution in [0.3, 0.4) is 0 Å². The Morgan fingerprint density at radius 1 is 1.02 bits per heavy atom. The predicted molar refractivity (Wildman–Crippen MR) is 170 cm³/mol. The maximum absolute atomic E-state index is 13.0. The molecule has 1 unspecified atom stereocenters. The van der Waals surface area contributed by atoms with Gasteiger partial charge in [0.1, 0.15) is 5.75 Å². The number of carbonyl (C=O) groups is 1. The fourth-order valence-electron chi connectivity index (χ4n) is 5.53. The normalized spacial score (nSPS) is 17.1. The van der Waals surface area contributed by atoms with Crippen LogP contribution in [-0.2, 0) is 0 Å².